The lowest BCUT2D eigenvalue weighted by Gasteiger charge is -2.07. The molecule has 0 fully saturated rings. The molecule has 1 heterocycles. The quantitative estimate of drug-likeness (QED) is 0.595. The minimum atomic E-state index is -4.11. The fraction of sp³-hybridized carbons (Fsp3) is 0.0909. The average molecular weight is 297 g/mol. The summed E-state index contributed by atoms with van der Waals surface area (Å²) in [4.78, 5) is 25.6. The minimum absolute atomic E-state index is 0.160. The van der Waals surface area contributed by atoms with E-state index in [9.17, 15) is 18.0 Å². The molecular formula is C11H11N3O5S. The number of anilines is 1. The maximum Gasteiger partial charge on any atom is 0.325 e. The van der Waals surface area contributed by atoms with Crippen molar-refractivity contribution in [2.45, 2.75) is 11.5 Å². The zero-order chi connectivity index (χ0) is 14.8. The predicted molar refractivity (Wildman–Crippen MR) is 70.9 cm³/mol. The molecule has 20 heavy (non-hydrogen) atoms. The lowest BCUT2D eigenvalue weighted by atomic mass is 10.2. The van der Waals surface area contributed by atoms with Gasteiger partial charge in [0.2, 0.25) is 0 Å². The molecule has 0 aliphatic heterocycles. The maximum absolute atomic E-state index is 12.0. The zero-order valence-electron chi connectivity index (χ0n) is 10.1. The summed E-state index contributed by atoms with van der Waals surface area (Å²) < 4.78 is 26.2. The first-order valence-electron chi connectivity index (χ1n) is 5.47. The molecule has 8 nitrogen and oxygen atoms in total. The van der Waals surface area contributed by atoms with Gasteiger partial charge in [-0.3, -0.25) is 14.5 Å². The molecule has 2 aromatic rings. The molecule has 0 saturated heterocycles. The van der Waals surface area contributed by atoms with Crippen molar-refractivity contribution in [3.63, 3.8) is 0 Å². The van der Waals surface area contributed by atoms with Crippen molar-refractivity contribution in [1.29, 1.82) is 0 Å². The van der Waals surface area contributed by atoms with E-state index in [2.05, 4.69) is 9.71 Å². The van der Waals surface area contributed by atoms with Gasteiger partial charge in [-0.15, -0.1) is 0 Å². The van der Waals surface area contributed by atoms with Crippen molar-refractivity contribution < 1.29 is 13.5 Å². The SMILES string of the molecule is O=c1[nH]cc(S(=O)(=O)Nc2ccc(CO)cc2)c(=O)[nH]1. The van der Waals surface area contributed by atoms with Gasteiger partial charge in [-0.25, -0.2) is 13.2 Å². The highest BCUT2D eigenvalue weighted by atomic mass is 32.2. The monoisotopic (exact) mass is 297 g/mol. The van der Waals surface area contributed by atoms with E-state index in [-0.39, 0.29) is 12.3 Å². The van der Waals surface area contributed by atoms with E-state index in [0.717, 1.165) is 6.20 Å². The largest absolute Gasteiger partial charge is 0.392 e. The van der Waals surface area contributed by atoms with Crippen molar-refractivity contribution in [2.75, 3.05) is 4.72 Å². The van der Waals surface area contributed by atoms with Crippen molar-refractivity contribution in [3.05, 3.63) is 56.9 Å². The molecule has 0 spiro atoms. The number of sulfonamides is 1. The molecule has 0 atom stereocenters. The molecule has 1 aromatic heterocycles. The number of hydrogen-bond acceptors (Lipinski definition) is 5. The summed E-state index contributed by atoms with van der Waals surface area (Å²) in [6.45, 7) is -0.160. The van der Waals surface area contributed by atoms with Gasteiger partial charge in [0.25, 0.3) is 15.6 Å². The lowest BCUT2D eigenvalue weighted by molar-refractivity contribution is 0.282. The summed E-state index contributed by atoms with van der Waals surface area (Å²) in [5.74, 6) is 0. The van der Waals surface area contributed by atoms with Crippen molar-refractivity contribution in [1.82, 2.24) is 9.97 Å². The molecule has 0 aliphatic rings. The molecule has 1 aromatic carbocycles. The fourth-order valence-corrected chi connectivity index (χ4v) is 2.55. The normalized spacial score (nSPS) is 11.2. The molecule has 0 bridgehead atoms. The van der Waals surface area contributed by atoms with Crippen LogP contribution in [-0.2, 0) is 16.6 Å². The molecule has 106 valence electrons. The van der Waals surface area contributed by atoms with Gasteiger partial charge < -0.3 is 10.1 Å². The van der Waals surface area contributed by atoms with Crippen LogP contribution in [0.1, 0.15) is 5.56 Å². The van der Waals surface area contributed by atoms with Gasteiger partial charge in [0.15, 0.2) is 4.90 Å². The van der Waals surface area contributed by atoms with Gasteiger partial charge in [-0.1, -0.05) is 12.1 Å². The van der Waals surface area contributed by atoms with E-state index in [1.165, 1.54) is 24.3 Å². The molecule has 0 radical (unpaired) electrons. The number of H-pyrrole nitrogens is 2. The Morgan fingerprint density at radius 3 is 2.35 bits per heavy atom. The number of hydrogen-bond donors (Lipinski definition) is 4. The number of aromatic amines is 2. The van der Waals surface area contributed by atoms with Crippen LogP contribution in [0.3, 0.4) is 0 Å². The molecular weight excluding hydrogens is 286 g/mol. The molecule has 9 heteroatoms. The number of aromatic nitrogens is 2. The summed E-state index contributed by atoms with van der Waals surface area (Å²) >= 11 is 0. The zero-order valence-corrected chi connectivity index (χ0v) is 10.9. The van der Waals surface area contributed by atoms with Crippen molar-refractivity contribution >= 4 is 15.7 Å². The molecule has 0 saturated carbocycles. The minimum Gasteiger partial charge on any atom is -0.392 e. The van der Waals surface area contributed by atoms with Crippen LogP contribution in [0.4, 0.5) is 5.69 Å². The Kier molecular flexibility index (Phi) is 3.72. The number of nitrogens with one attached hydrogen (secondary N) is 3. The Bertz CT molecular complexity index is 820. The van der Waals surface area contributed by atoms with E-state index in [0.29, 0.717) is 5.56 Å². The third-order valence-electron chi connectivity index (χ3n) is 2.46. The van der Waals surface area contributed by atoms with Gasteiger partial charge >= 0.3 is 5.69 Å². The highest BCUT2D eigenvalue weighted by molar-refractivity contribution is 7.92. The van der Waals surface area contributed by atoms with Gasteiger partial charge in [-0.2, -0.15) is 0 Å². The van der Waals surface area contributed by atoms with Crippen molar-refractivity contribution in [2.24, 2.45) is 0 Å². The topological polar surface area (TPSA) is 132 Å². The van der Waals surface area contributed by atoms with E-state index in [1.54, 1.807) is 0 Å². The van der Waals surface area contributed by atoms with Gasteiger partial charge in [-0.05, 0) is 17.7 Å². The first-order chi connectivity index (χ1) is 9.42. The first kappa shape index (κ1) is 14.0. The highest BCUT2D eigenvalue weighted by Gasteiger charge is 2.18. The highest BCUT2D eigenvalue weighted by Crippen LogP contribution is 2.13. The van der Waals surface area contributed by atoms with E-state index in [4.69, 9.17) is 5.11 Å². The van der Waals surface area contributed by atoms with E-state index in [1.807, 2.05) is 4.98 Å². The number of aliphatic hydroxyl groups is 1. The molecule has 4 N–H and O–H groups in total. The molecule has 2 rings (SSSR count). The third-order valence-corrected chi connectivity index (χ3v) is 3.85. The third kappa shape index (κ3) is 2.95. The second kappa shape index (κ2) is 5.31. The smallest absolute Gasteiger partial charge is 0.325 e. The number of rotatable bonds is 4. The van der Waals surface area contributed by atoms with Crippen LogP contribution < -0.4 is 16.0 Å². The Labute approximate surface area is 113 Å². The Morgan fingerprint density at radius 1 is 1.15 bits per heavy atom. The van der Waals surface area contributed by atoms with Crippen LogP contribution in [0, 0.1) is 0 Å². The molecule has 0 aliphatic carbocycles. The average Bonchev–Trinajstić information content (AvgIpc) is 2.38. The van der Waals surface area contributed by atoms with Crippen LogP contribution in [0.15, 0.2) is 44.9 Å². The Morgan fingerprint density at radius 2 is 1.80 bits per heavy atom. The standard InChI is InChI=1S/C11H11N3O5S/c15-6-7-1-3-8(4-2-7)14-20(18,19)9-5-12-11(17)13-10(9)16/h1-5,14-15H,6H2,(H2,12,13,16,17). The summed E-state index contributed by atoms with van der Waals surface area (Å²) in [5, 5.41) is 8.88. The Balaban J connectivity index is 2.35. The van der Waals surface area contributed by atoms with Gasteiger partial charge in [0.05, 0.1) is 6.61 Å². The van der Waals surface area contributed by atoms with Crippen molar-refractivity contribution in [3.8, 4) is 0 Å². The number of benzene rings is 1. The van der Waals surface area contributed by atoms with Gasteiger partial charge in [0.1, 0.15) is 0 Å². The summed E-state index contributed by atoms with van der Waals surface area (Å²) in [6, 6.07) is 5.97. The van der Waals surface area contributed by atoms with Crippen LogP contribution in [-0.4, -0.2) is 23.5 Å². The second-order valence-corrected chi connectivity index (χ2v) is 5.55. The molecule has 0 amide bonds. The van der Waals surface area contributed by atoms with E-state index < -0.39 is 26.2 Å². The summed E-state index contributed by atoms with van der Waals surface area (Å²) in [7, 11) is -4.11. The summed E-state index contributed by atoms with van der Waals surface area (Å²) in [5.41, 5.74) is -0.947. The van der Waals surface area contributed by atoms with Crippen LogP contribution in [0.25, 0.3) is 0 Å². The fourth-order valence-electron chi connectivity index (χ4n) is 1.49. The predicted octanol–water partition coefficient (Wildman–Crippen LogP) is -0.644. The van der Waals surface area contributed by atoms with E-state index >= 15 is 0 Å². The lowest BCUT2D eigenvalue weighted by Crippen LogP contribution is -2.29. The first-order valence-corrected chi connectivity index (χ1v) is 6.95. The summed E-state index contributed by atoms with van der Waals surface area (Å²) in [6.07, 6.45) is 0.825. The Hall–Kier alpha value is -2.39. The number of aliphatic hydroxyl groups excluding tert-OH is 1. The second-order valence-electron chi connectivity index (χ2n) is 3.90. The maximum atomic E-state index is 12.0. The van der Waals surface area contributed by atoms with Crippen LogP contribution >= 0.6 is 0 Å². The van der Waals surface area contributed by atoms with Crippen LogP contribution in [0.5, 0.6) is 0 Å². The van der Waals surface area contributed by atoms with Crippen LogP contribution in [0.2, 0.25) is 0 Å². The molecule has 0 unspecified atom stereocenters. The van der Waals surface area contributed by atoms with Gasteiger partial charge in [0, 0.05) is 11.9 Å².